The Balaban J connectivity index is 1.71. The van der Waals surface area contributed by atoms with Crippen molar-refractivity contribution in [3.05, 3.63) is 12.2 Å². The van der Waals surface area contributed by atoms with Crippen LogP contribution in [0.5, 0.6) is 0 Å². The van der Waals surface area contributed by atoms with Crippen molar-refractivity contribution in [2.24, 2.45) is 51.2 Å². The highest BCUT2D eigenvalue weighted by Gasteiger charge is 2.69. The maximum atomic E-state index is 12.0. The van der Waals surface area contributed by atoms with Gasteiger partial charge in [0.25, 0.3) is 0 Å². The van der Waals surface area contributed by atoms with Gasteiger partial charge in [0.1, 0.15) is 6.61 Å². The van der Waals surface area contributed by atoms with Crippen LogP contribution in [-0.4, -0.2) is 35.5 Å². The summed E-state index contributed by atoms with van der Waals surface area (Å²) in [6, 6.07) is 0. The van der Waals surface area contributed by atoms with E-state index in [-0.39, 0.29) is 27.8 Å². The average molecular weight is 503 g/mol. The molecule has 4 heteroatoms. The van der Waals surface area contributed by atoms with Gasteiger partial charge >= 0.3 is 5.97 Å². The molecule has 4 saturated carbocycles. The Hall–Kier alpha value is -0.870. The van der Waals surface area contributed by atoms with Gasteiger partial charge in [0.15, 0.2) is 0 Å². The second kappa shape index (κ2) is 10.0. The highest BCUT2D eigenvalue weighted by molar-refractivity contribution is 5.70. The summed E-state index contributed by atoms with van der Waals surface area (Å²) in [6.07, 6.45) is 12.7. The zero-order valence-electron chi connectivity index (χ0n) is 24.1. The highest BCUT2D eigenvalue weighted by Crippen LogP contribution is 2.76. The van der Waals surface area contributed by atoms with Gasteiger partial charge < -0.3 is 14.9 Å². The number of hydrogen-bond donors (Lipinski definition) is 2. The summed E-state index contributed by atoms with van der Waals surface area (Å²) < 4.78 is 5.68. The van der Waals surface area contributed by atoms with Gasteiger partial charge in [-0.05, 0) is 124 Å². The van der Waals surface area contributed by atoms with Crippen LogP contribution in [0, 0.1) is 51.2 Å². The van der Waals surface area contributed by atoms with Crippen molar-refractivity contribution in [2.45, 2.75) is 118 Å². The number of carbonyl (C=O) groups excluding carboxylic acids is 1. The van der Waals surface area contributed by atoms with Crippen LogP contribution in [0.15, 0.2) is 12.2 Å². The first-order valence-electron chi connectivity index (χ1n) is 15.0. The van der Waals surface area contributed by atoms with E-state index in [1.165, 1.54) is 44.1 Å². The third kappa shape index (κ3) is 4.21. The molecule has 36 heavy (non-hydrogen) atoms. The van der Waals surface area contributed by atoms with Crippen LogP contribution < -0.4 is 0 Å². The SMILES string of the molecule is C=C(C)[C@@H]1CC[C@]2(COC(=O)CO)CC[C@]3(C)C(CCC4[C@@](C)(CCC(C)O)[C@H](CC)CC[C@]43C)C12. The van der Waals surface area contributed by atoms with E-state index in [1.807, 2.05) is 6.92 Å². The lowest BCUT2D eigenvalue weighted by Gasteiger charge is -2.71. The fourth-order valence-electron chi connectivity index (χ4n) is 10.8. The molecule has 0 heterocycles. The molecule has 0 saturated heterocycles. The van der Waals surface area contributed by atoms with Gasteiger partial charge in [-0.1, -0.05) is 46.3 Å². The number of hydrogen-bond acceptors (Lipinski definition) is 4. The molecule has 10 atom stereocenters. The molecular formula is C32H54O4. The van der Waals surface area contributed by atoms with E-state index < -0.39 is 12.6 Å². The molecule has 4 aliphatic rings. The molecule has 0 aromatic heterocycles. The normalized spacial score (nSPS) is 46.8. The monoisotopic (exact) mass is 502 g/mol. The molecule has 0 aromatic rings. The van der Waals surface area contributed by atoms with Gasteiger partial charge in [0.2, 0.25) is 0 Å². The Labute approximate surface area is 220 Å². The summed E-state index contributed by atoms with van der Waals surface area (Å²) in [5.74, 6) is 2.56. The Kier molecular flexibility index (Phi) is 7.84. The highest BCUT2D eigenvalue weighted by atomic mass is 16.5. The first-order valence-corrected chi connectivity index (χ1v) is 15.0. The number of fused-ring (bicyclic) bond motifs is 5. The molecule has 4 unspecified atom stereocenters. The Morgan fingerprint density at radius 2 is 1.78 bits per heavy atom. The third-order valence-corrected chi connectivity index (χ3v) is 12.9. The Morgan fingerprint density at radius 3 is 2.39 bits per heavy atom. The average Bonchev–Trinajstić information content (AvgIpc) is 3.22. The predicted molar refractivity (Wildman–Crippen MR) is 145 cm³/mol. The summed E-state index contributed by atoms with van der Waals surface area (Å²) in [7, 11) is 0. The van der Waals surface area contributed by atoms with Gasteiger partial charge in [-0.3, -0.25) is 0 Å². The van der Waals surface area contributed by atoms with Crippen molar-refractivity contribution in [1.29, 1.82) is 0 Å². The smallest absolute Gasteiger partial charge is 0.331 e. The molecule has 0 spiro atoms. The Bertz CT molecular complexity index is 836. The standard InChI is InChI=1S/C32H54O4/c1-8-23-12-15-31(7)26(29(23,5)14-11-22(4)34)10-9-25-28-24(21(2)3)13-16-32(28,18-17-30(25,31)6)20-36-27(35)19-33/h22-26,28,33-34H,2,8-20H2,1,3-7H3/t22?,23-,24+,25?,26?,28?,29+,30-,31-,32-/m1/s1. The van der Waals surface area contributed by atoms with Crippen LogP contribution in [0.4, 0.5) is 0 Å². The quantitative estimate of drug-likeness (QED) is 0.279. The summed E-state index contributed by atoms with van der Waals surface area (Å²) in [5, 5.41) is 19.5. The summed E-state index contributed by atoms with van der Waals surface area (Å²) >= 11 is 0. The summed E-state index contributed by atoms with van der Waals surface area (Å²) in [5.41, 5.74) is 2.14. The van der Waals surface area contributed by atoms with Crippen LogP contribution in [0.2, 0.25) is 0 Å². The summed E-state index contributed by atoms with van der Waals surface area (Å²) in [4.78, 5) is 12.0. The molecule has 0 aromatic carbocycles. The minimum Gasteiger partial charge on any atom is -0.463 e. The van der Waals surface area contributed by atoms with Crippen molar-refractivity contribution >= 4 is 5.97 Å². The molecule has 0 radical (unpaired) electrons. The topological polar surface area (TPSA) is 66.8 Å². The fraction of sp³-hybridized carbons (Fsp3) is 0.906. The Morgan fingerprint density at radius 1 is 1.06 bits per heavy atom. The molecule has 2 N–H and O–H groups in total. The van der Waals surface area contributed by atoms with Gasteiger partial charge in [0, 0.05) is 5.41 Å². The van der Waals surface area contributed by atoms with Gasteiger partial charge in [-0.25, -0.2) is 4.79 Å². The fourth-order valence-corrected chi connectivity index (χ4v) is 10.8. The minimum atomic E-state index is -0.533. The second-order valence-electron chi connectivity index (χ2n) is 14.3. The van der Waals surface area contributed by atoms with Crippen molar-refractivity contribution < 1.29 is 19.7 Å². The number of aliphatic hydroxyl groups excluding tert-OH is 2. The van der Waals surface area contributed by atoms with E-state index in [0.717, 1.165) is 38.0 Å². The third-order valence-electron chi connectivity index (χ3n) is 12.9. The molecule has 4 fully saturated rings. The maximum absolute atomic E-state index is 12.0. The number of esters is 1. The number of ether oxygens (including phenoxy) is 1. The zero-order chi connectivity index (χ0) is 26.5. The van der Waals surface area contributed by atoms with Crippen LogP contribution in [-0.2, 0) is 9.53 Å². The van der Waals surface area contributed by atoms with Gasteiger partial charge in [0.05, 0.1) is 12.7 Å². The predicted octanol–water partition coefficient (Wildman–Crippen LogP) is 6.93. The minimum absolute atomic E-state index is 0.0259. The largest absolute Gasteiger partial charge is 0.463 e. The number of rotatable bonds is 8. The first kappa shape index (κ1) is 28.1. The summed E-state index contributed by atoms with van der Waals surface area (Å²) in [6.45, 7) is 18.7. The van der Waals surface area contributed by atoms with Crippen LogP contribution in [0.1, 0.15) is 112 Å². The van der Waals surface area contributed by atoms with Crippen molar-refractivity contribution in [2.75, 3.05) is 13.2 Å². The maximum Gasteiger partial charge on any atom is 0.331 e. The van der Waals surface area contributed by atoms with E-state index in [0.29, 0.717) is 30.3 Å². The number of aliphatic hydroxyl groups is 2. The zero-order valence-corrected chi connectivity index (χ0v) is 24.1. The lowest BCUT2D eigenvalue weighted by atomic mass is 9.34. The molecular weight excluding hydrogens is 448 g/mol. The molecule has 206 valence electrons. The molecule has 4 nitrogen and oxygen atoms in total. The van der Waals surface area contributed by atoms with E-state index in [9.17, 15) is 15.0 Å². The second-order valence-corrected chi connectivity index (χ2v) is 14.3. The van der Waals surface area contributed by atoms with E-state index in [1.54, 1.807) is 0 Å². The van der Waals surface area contributed by atoms with Crippen LogP contribution in [0.25, 0.3) is 0 Å². The molecule has 4 aliphatic carbocycles. The molecule has 0 aliphatic heterocycles. The number of allylic oxidation sites excluding steroid dienone is 1. The van der Waals surface area contributed by atoms with E-state index >= 15 is 0 Å². The lowest BCUT2D eigenvalue weighted by Crippen LogP contribution is -2.64. The number of carbonyl (C=O) groups is 1. The van der Waals surface area contributed by atoms with E-state index in [2.05, 4.69) is 41.2 Å². The van der Waals surface area contributed by atoms with Crippen LogP contribution in [0.3, 0.4) is 0 Å². The molecule has 0 bridgehead atoms. The molecule has 4 rings (SSSR count). The van der Waals surface area contributed by atoms with Crippen molar-refractivity contribution in [1.82, 2.24) is 0 Å². The van der Waals surface area contributed by atoms with Gasteiger partial charge in [-0.2, -0.15) is 0 Å². The molecule has 0 amide bonds. The first-order chi connectivity index (χ1) is 16.9. The van der Waals surface area contributed by atoms with Crippen molar-refractivity contribution in [3.63, 3.8) is 0 Å². The lowest BCUT2D eigenvalue weighted by molar-refractivity contribution is -0.225. The van der Waals surface area contributed by atoms with Crippen LogP contribution >= 0.6 is 0 Å². The van der Waals surface area contributed by atoms with Crippen molar-refractivity contribution in [3.8, 4) is 0 Å². The van der Waals surface area contributed by atoms with E-state index in [4.69, 9.17) is 4.74 Å². The van der Waals surface area contributed by atoms with Gasteiger partial charge in [-0.15, -0.1) is 0 Å².